The summed E-state index contributed by atoms with van der Waals surface area (Å²) in [6, 6.07) is 11.0. The molecule has 1 aliphatic heterocycles. The fourth-order valence-corrected chi connectivity index (χ4v) is 5.74. The van der Waals surface area contributed by atoms with Gasteiger partial charge in [-0.2, -0.15) is 17.5 Å². The Morgan fingerprint density at radius 3 is 2.62 bits per heavy atom. The van der Waals surface area contributed by atoms with E-state index in [-0.39, 0.29) is 29.6 Å². The van der Waals surface area contributed by atoms with Crippen LogP contribution >= 0.6 is 0 Å². The van der Waals surface area contributed by atoms with E-state index in [0.717, 1.165) is 16.6 Å². The Bertz CT molecular complexity index is 1520. The molecule has 0 aliphatic carbocycles. The van der Waals surface area contributed by atoms with Crippen molar-refractivity contribution in [3.05, 3.63) is 72.3 Å². The van der Waals surface area contributed by atoms with Gasteiger partial charge in [0.1, 0.15) is 18.0 Å². The minimum Gasteiger partial charge on any atom is -0.443 e. The Morgan fingerprint density at radius 1 is 1.08 bits per heavy atom. The third kappa shape index (κ3) is 5.04. The second kappa shape index (κ2) is 9.56. The molecule has 5 rings (SSSR count). The van der Waals surface area contributed by atoms with Gasteiger partial charge in [-0.15, -0.1) is 0 Å². The highest BCUT2D eigenvalue weighted by Crippen LogP contribution is 2.31. The molecule has 37 heavy (non-hydrogen) atoms. The maximum absolute atomic E-state index is 13.2. The van der Waals surface area contributed by atoms with E-state index in [1.165, 1.54) is 24.5 Å². The van der Waals surface area contributed by atoms with Crippen molar-refractivity contribution in [2.45, 2.75) is 36.7 Å². The number of fused-ring (bicyclic) bond motifs is 1. The number of carbonyl (C=O) groups excluding carboxylic acids is 1. The topological polar surface area (TPSA) is 118 Å². The van der Waals surface area contributed by atoms with E-state index < -0.39 is 33.7 Å². The molecule has 0 radical (unpaired) electrons. The minimum atomic E-state index is -4.50. The molecule has 9 nitrogen and oxygen atoms in total. The Hall–Kier alpha value is -3.84. The first-order valence-electron chi connectivity index (χ1n) is 11.3. The first kappa shape index (κ1) is 24.8. The second-order valence-corrected chi connectivity index (χ2v) is 10.2. The number of hydrogen-bond acceptors (Lipinski definition) is 7. The van der Waals surface area contributed by atoms with Gasteiger partial charge in [-0.05, 0) is 37.1 Å². The second-order valence-electron chi connectivity index (χ2n) is 8.42. The molecule has 4 heterocycles. The molecule has 1 aromatic carbocycles. The zero-order valence-corrected chi connectivity index (χ0v) is 20.0. The number of amides is 1. The van der Waals surface area contributed by atoms with Gasteiger partial charge in [0.15, 0.2) is 0 Å². The van der Waals surface area contributed by atoms with Crippen molar-refractivity contribution < 1.29 is 30.8 Å². The molecule has 0 saturated carbocycles. The molecule has 13 heteroatoms. The lowest BCUT2D eigenvalue weighted by Gasteiger charge is -2.22. The average Bonchev–Trinajstić information content (AvgIpc) is 3.55. The number of benzene rings is 1. The summed E-state index contributed by atoms with van der Waals surface area (Å²) in [5.41, 5.74) is 0.425. The fraction of sp³-hybridized carbons (Fsp3) is 0.250. The van der Waals surface area contributed by atoms with Gasteiger partial charge in [-0.3, -0.25) is 9.78 Å². The predicted molar refractivity (Wildman–Crippen MR) is 125 cm³/mol. The lowest BCUT2D eigenvalue weighted by Crippen LogP contribution is -2.45. The molecular weight excluding hydrogens is 511 g/mol. The van der Waals surface area contributed by atoms with E-state index in [9.17, 15) is 26.4 Å². The SMILES string of the molecule is O=C(NCc1cc(-c2ccc(C(F)(F)F)cn2)ncn1)C1CCCN1S(=O)(=O)c1cc2ccccc2o1. The minimum absolute atomic E-state index is 0.0377. The number of alkyl halides is 3. The van der Waals surface area contributed by atoms with Gasteiger partial charge in [0.25, 0.3) is 10.0 Å². The van der Waals surface area contributed by atoms with Crippen LogP contribution in [-0.2, 0) is 27.5 Å². The maximum atomic E-state index is 13.2. The van der Waals surface area contributed by atoms with Crippen molar-refractivity contribution >= 4 is 26.9 Å². The molecule has 0 spiro atoms. The molecule has 4 aromatic rings. The first-order chi connectivity index (χ1) is 17.6. The molecule has 3 aromatic heterocycles. The number of hydrogen-bond donors (Lipinski definition) is 1. The number of aromatic nitrogens is 3. The van der Waals surface area contributed by atoms with Crippen molar-refractivity contribution in [3.8, 4) is 11.4 Å². The van der Waals surface area contributed by atoms with Crippen LogP contribution in [0.1, 0.15) is 24.1 Å². The molecule has 1 unspecified atom stereocenters. The van der Waals surface area contributed by atoms with E-state index >= 15 is 0 Å². The van der Waals surface area contributed by atoms with E-state index in [0.29, 0.717) is 29.5 Å². The molecule has 1 atom stereocenters. The highest BCUT2D eigenvalue weighted by Gasteiger charge is 2.41. The van der Waals surface area contributed by atoms with Gasteiger partial charge in [0, 0.05) is 24.2 Å². The summed E-state index contributed by atoms with van der Waals surface area (Å²) in [4.78, 5) is 24.9. The number of rotatable bonds is 6. The van der Waals surface area contributed by atoms with Gasteiger partial charge in [-0.1, -0.05) is 18.2 Å². The van der Waals surface area contributed by atoms with Crippen LogP contribution in [0.15, 0.2) is 70.6 Å². The first-order valence-corrected chi connectivity index (χ1v) is 12.7. The van der Waals surface area contributed by atoms with Crippen molar-refractivity contribution in [2.24, 2.45) is 0 Å². The number of nitrogens with one attached hydrogen (secondary N) is 1. The smallest absolute Gasteiger partial charge is 0.417 e. The lowest BCUT2D eigenvalue weighted by molar-refractivity contribution is -0.137. The summed E-state index contributed by atoms with van der Waals surface area (Å²) in [6.45, 7) is 0.138. The molecule has 192 valence electrons. The molecule has 1 N–H and O–H groups in total. The van der Waals surface area contributed by atoms with E-state index in [1.54, 1.807) is 24.3 Å². The van der Waals surface area contributed by atoms with Gasteiger partial charge in [0.05, 0.1) is 29.2 Å². The van der Waals surface area contributed by atoms with Crippen LogP contribution in [-0.4, -0.2) is 46.2 Å². The summed E-state index contributed by atoms with van der Waals surface area (Å²) in [5, 5.41) is 3.11. The largest absolute Gasteiger partial charge is 0.443 e. The highest BCUT2D eigenvalue weighted by molar-refractivity contribution is 7.89. The highest BCUT2D eigenvalue weighted by atomic mass is 32.2. The third-order valence-corrected chi connectivity index (χ3v) is 7.76. The van der Waals surface area contributed by atoms with Crippen molar-refractivity contribution in [1.82, 2.24) is 24.6 Å². The van der Waals surface area contributed by atoms with E-state index in [2.05, 4.69) is 20.3 Å². The summed E-state index contributed by atoms with van der Waals surface area (Å²) >= 11 is 0. The van der Waals surface area contributed by atoms with Crippen molar-refractivity contribution in [3.63, 3.8) is 0 Å². The summed E-state index contributed by atoms with van der Waals surface area (Å²) < 4.78 is 71.5. The Labute approximate surface area is 209 Å². The van der Waals surface area contributed by atoms with E-state index in [1.807, 2.05) is 0 Å². The Morgan fingerprint density at radius 2 is 1.89 bits per heavy atom. The number of carbonyl (C=O) groups is 1. The maximum Gasteiger partial charge on any atom is 0.417 e. The van der Waals surface area contributed by atoms with E-state index in [4.69, 9.17) is 4.42 Å². The van der Waals surface area contributed by atoms with Crippen LogP contribution in [0.5, 0.6) is 0 Å². The predicted octanol–water partition coefficient (Wildman–Crippen LogP) is 3.77. The number of furan rings is 1. The number of pyridine rings is 1. The van der Waals surface area contributed by atoms with Gasteiger partial charge in [0.2, 0.25) is 11.0 Å². The van der Waals surface area contributed by atoms with Gasteiger partial charge < -0.3 is 9.73 Å². The van der Waals surface area contributed by atoms with Crippen LogP contribution < -0.4 is 5.32 Å². The van der Waals surface area contributed by atoms with Crippen LogP contribution in [0.2, 0.25) is 0 Å². The lowest BCUT2D eigenvalue weighted by atomic mass is 10.2. The molecule has 0 bridgehead atoms. The Kier molecular flexibility index (Phi) is 6.42. The monoisotopic (exact) mass is 531 g/mol. The van der Waals surface area contributed by atoms with Crippen LogP contribution in [0, 0.1) is 0 Å². The van der Waals surface area contributed by atoms with Crippen LogP contribution in [0.25, 0.3) is 22.4 Å². The average molecular weight is 532 g/mol. The third-order valence-electron chi connectivity index (χ3n) is 5.99. The zero-order chi connectivity index (χ0) is 26.2. The van der Waals surface area contributed by atoms with Crippen molar-refractivity contribution in [2.75, 3.05) is 6.54 Å². The number of sulfonamides is 1. The molecule has 1 fully saturated rings. The standard InChI is InChI=1S/C24H20F3N5O4S/c25-24(26,27)16-7-8-18(28-12-16)19-11-17(30-14-31-19)13-29-23(33)20-5-3-9-32(20)37(34,35)22-10-15-4-1-2-6-21(15)36-22/h1-2,4,6-8,10-12,14,20H,3,5,9,13H2,(H,29,33). The summed E-state index contributed by atoms with van der Waals surface area (Å²) in [6.07, 6.45) is -1.72. The van der Waals surface area contributed by atoms with Crippen LogP contribution in [0.4, 0.5) is 13.2 Å². The van der Waals surface area contributed by atoms with Crippen molar-refractivity contribution in [1.29, 1.82) is 0 Å². The summed E-state index contributed by atoms with van der Waals surface area (Å²) in [5.74, 6) is -0.495. The number of para-hydroxylation sites is 1. The normalized spacial score (nSPS) is 16.8. The van der Waals surface area contributed by atoms with Crippen LogP contribution in [0.3, 0.4) is 0 Å². The fourth-order valence-electron chi connectivity index (χ4n) is 4.13. The van der Waals surface area contributed by atoms with Gasteiger partial charge >= 0.3 is 6.18 Å². The molecule has 1 amide bonds. The molecular formula is C24H20F3N5O4S. The zero-order valence-electron chi connectivity index (χ0n) is 19.1. The summed E-state index contributed by atoms with van der Waals surface area (Å²) in [7, 11) is -4.04. The number of halogens is 3. The molecule has 1 saturated heterocycles. The number of nitrogens with zero attached hydrogens (tertiary/aromatic N) is 4. The quantitative estimate of drug-likeness (QED) is 0.402. The molecule has 1 aliphatic rings. The van der Waals surface area contributed by atoms with Gasteiger partial charge in [-0.25, -0.2) is 18.4 Å². The Balaban J connectivity index is 1.28.